The summed E-state index contributed by atoms with van der Waals surface area (Å²) in [5, 5.41) is 7.88. The van der Waals surface area contributed by atoms with Crippen LogP contribution in [0.3, 0.4) is 0 Å². The Morgan fingerprint density at radius 1 is 1.09 bits per heavy atom. The maximum absolute atomic E-state index is 12.9. The monoisotopic (exact) mass is 473 g/mol. The van der Waals surface area contributed by atoms with Crippen LogP contribution in [-0.2, 0) is 30.6 Å². The lowest BCUT2D eigenvalue weighted by Crippen LogP contribution is -2.52. The molecule has 1 saturated heterocycles. The van der Waals surface area contributed by atoms with Crippen LogP contribution in [0.15, 0.2) is 18.2 Å². The zero-order valence-corrected chi connectivity index (χ0v) is 19.1. The van der Waals surface area contributed by atoms with Gasteiger partial charge < -0.3 is 15.5 Å². The van der Waals surface area contributed by atoms with Crippen LogP contribution in [-0.4, -0.2) is 53.6 Å². The molecule has 11 heteroatoms. The molecule has 0 radical (unpaired) electrons. The second-order valence-corrected chi connectivity index (χ2v) is 8.46. The Morgan fingerprint density at radius 3 is 2.62 bits per heavy atom. The first-order chi connectivity index (χ1) is 16.4. The summed E-state index contributed by atoms with van der Waals surface area (Å²) in [6, 6.07) is 4.45. The van der Waals surface area contributed by atoms with Crippen molar-refractivity contribution in [2.24, 2.45) is 5.90 Å². The van der Waals surface area contributed by atoms with Crippen LogP contribution < -0.4 is 21.8 Å². The number of nitrogens with one attached hydrogen (secondary N) is 3. The van der Waals surface area contributed by atoms with E-state index in [1.54, 1.807) is 18.2 Å². The van der Waals surface area contributed by atoms with Gasteiger partial charge in [-0.15, -0.1) is 0 Å². The van der Waals surface area contributed by atoms with Gasteiger partial charge >= 0.3 is 0 Å². The van der Waals surface area contributed by atoms with Gasteiger partial charge in [0, 0.05) is 42.7 Å². The van der Waals surface area contributed by atoms with Gasteiger partial charge in [0.15, 0.2) is 0 Å². The van der Waals surface area contributed by atoms with E-state index in [1.807, 2.05) is 0 Å². The fraction of sp³-hybridized carbons (Fsp3) is 0.522. The van der Waals surface area contributed by atoms with Crippen molar-refractivity contribution < 1.29 is 28.8 Å². The topological polar surface area (TPSA) is 160 Å². The fourth-order valence-corrected chi connectivity index (χ4v) is 4.21. The second kappa shape index (κ2) is 12.2. The third-order valence-corrected chi connectivity index (χ3v) is 5.97. The van der Waals surface area contributed by atoms with Crippen molar-refractivity contribution in [3.63, 3.8) is 0 Å². The maximum Gasteiger partial charge on any atom is 0.255 e. The molecular formula is C23H31N5O6. The molecule has 1 unspecified atom stereocenters. The molecule has 0 bridgehead atoms. The van der Waals surface area contributed by atoms with Gasteiger partial charge in [0.25, 0.3) is 5.91 Å². The number of unbranched alkanes of at least 4 members (excludes halogenated alkanes) is 4. The number of carbonyl (C=O) groups is 5. The standard InChI is InChI=1S/C23H31N5O6/c24-34-14-21(31)25-12-5-3-1-2-4-9-19(29)26-17-8-6-7-15-16(17)13-28(23(15)33)18-10-11-20(30)27-22(18)32/h6-8,18H,1-5,9-14,24H2,(H,25,31)(H,26,29)(H,27,30,32). The SMILES string of the molecule is NOCC(=O)NCCCCCCCC(=O)Nc1cccc2c1CN(C1CCC(=O)NC1=O)C2=O. The molecule has 2 aliphatic rings. The Morgan fingerprint density at radius 2 is 1.85 bits per heavy atom. The molecular weight excluding hydrogens is 442 g/mol. The fourth-order valence-electron chi connectivity index (χ4n) is 4.21. The molecule has 11 nitrogen and oxygen atoms in total. The Kier molecular flexibility index (Phi) is 9.11. The van der Waals surface area contributed by atoms with Crippen LogP contribution in [0.5, 0.6) is 0 Å². The lowest BCUT2D eigenvalue weighted by Gasteiger charge is -2.29. The Balaban J connectivity index is 1.41. The van der Waals surface area contributed by atoms with Crippen LogP contribution in [0.2, 0.25) is 0 Å². The summed E-state index contributed by atoms with van der Waals surface area (Å²) in [6.45, 7) is 0.629. The molecule has 0 aliphatic carbocycles. The van der Waals surface area contributed by atoms with Gasteiger partial charge in [-0.3, -0.25) is 34.1 Å². The molecule has 1 aromatic carbocycles. The summed E-state index contributed by atoms with van der Waals surface area (Å²) in [4.78, 5) is 65.9. The number of fused-ring (bicyclic) bond motifs is 1. The number of amides is 5. The first kappa shape index (κ1) is 25.3. The van der Waals surface area contributed by atoms with E-state index in [9.17, 15) is 24.0 Å². The molecule has 0 saturated carbocycles. The molecule has 34 heavy (non-hydrogen) atoms. The van der Waals surface area contributed by atoms with Gasteiger partial charge in [0.2, 0.25) is 23.6 Å². The molecule has 3 rings (SSSR count). The van der Waals surface area contributed by atoms with Gasteiger partial charge in [-0.05, 0) is 31.4 Å². The Labute approximate surface area is 197 Å². The molecule has 5 N–H and O–H groups in total. The van der Waals surface area contributed by atoms with Crippen molar-refractivity contribution in [3.05, 3.63) is 29.3 Å². The molecule has 184 valence electrons. The summed E-state index contributed by atoms with van der Waals surface area (Å²) in [6.07, 6.45) is 5.20. The number of anilines is 1. The largest absolute Gasteiger partial charge is 0.354 e. The van der Waals surface area contributed by atoms with E-state index in [-0.39, 0.29) is 43.2 Å². The number of nitrogens with two attached hydrogens (primary N) is 1. The van der Waals surface area contributed by atoms with Crippen molar-refractivity contribution in [1.82, 2.24) is 15.5 Å². The molecule has 5 amide bonds. The van der Waals surface area contributed by atoms with Crippen LogP contribution in [0.4, 0.5) is 5.69 Å². The zero-order chi connectivity index (χ0) is 24.5. The highest BCUT2D eigenvalue weighted by Crippen LogP contribution is 2.32. The summed E-state index contributed by atoms with van der Waals surface area (Å²) in [5.41, 5.74) is 1.73. The number of hydrogen-bond donors (Lipinski definition) is 4. The minimum Gasteiger partial charge on any atom is -0.354 e. The number of carbonyl (C=O) groups excluding carboxylic acids is 5. The van der Waals surface area contributed by atoms with Crippen molar-refractivity contribution in [2.45, 2.75) is 64.0 Å². The van der Waals surface area contributed by atoms with Crippen LogP contribution in [0.25, 0.3) is 0 Å². The summed E-state index contributed by atoms with van der Waals surface area (Å²) in [5.74, 6) is 3.39. The first-order valence-corrected chi connectivity index (χ1v) is 11.6. The van der Waals surface area contributed by atoms with E-state index >= 15 is 0 Å². The highest BCUT2D eigenvalue weighted by atomic mass is 16.6. The third kappa shape index (κ3) is 6.61. The lowest BCUT2D eigenvalue weighted by molar-refractivity contribution is -0.137. The highest BCUT2D eigenvalue weighted by molar-refractivity contribution is 6.06. The Hall–Kier alpha value is -3.31. The molecule has 1 atom stereocenters. The molecule has 0 spiro atoms. The van der Waals surface area contributed by atoms with Crippen LogP contribution >= 0.6 is 0 Å². The van der Waals surface area contributed by atoms with Crippen molar-refractivity contribution in [2.75, 3.05) is 18.5 Å². The van der Waals surface area contributed by atoms with Gasteiger partial charge in [-0.2, -0.15) is 0 Å². The van der Waals surface area contributed by atoms with E-state index in [2.05, 4.69) is 20.8 Å². The van der Waals surface area contributed by atoms with Crippen molar-refractivity contribution in [3.8, 4) is 0 Å². The number of rotatable bonds is 12. The second-order valence-electron chi connectivity index (χ2n) is 8.46. The quantitative estimate of drug-likeness (QED) is 0.198. The number of imide groups is 1. The lowest BCUT2D eigenvalue weighted by atomic mass is 10.0. The molecule has 1 aromatic rings. The van der Waals surface area contributed by atoms with E-state index in [0.717, 1.165) is 32.1 Å². The minimum atomic E-state index is -0.691. The number of hydrogen-bond acceptors (Lipinski definition) is 7. The summed E-state index contributed by atoms with van der Waals surface area (Å²) < 4.78 is 0. The van der Waals surface area contributed by atoms with Gasteiger partial charge in [-0.25, -0.2) is 5.90 Å². The third-order valence-electron chi connectivity index (χ3n) is 5.97. The summed E-state index contributed by atoms with van der Waals surface area (Å²) in [7, 11) is 0. The van der Waals surface area contributed by atoms with Crippen molar-refractivity contribution >= 4 is 35.2 Å². The predicted octanol–water partition coefficient (Wildman–Crippen LogP) is 0.733. The molecule has 2 heterocycles. The predicted molar refractivity (Wildman–Crippen MR) is 122 cm³/mol. The van der Waals surface area contributed by atoms with E-state index in [1.165, 1.54) is 4.90 Å². The number of benzene rings is 1. The smallest absolute Gasteiger partial charge is 0.255 e. The average Bonchev–Trinajstić information content (AvgIpc) is 3.13. The molecule has 0 aromatic heterocycles. The average molecular weight is 474 g/mol. The van der Waals surface area contributed by atoms with Crippen LogP contribution in [0.1, 0.15) is 67.3 Å². The van der Waals surface area contributed by atoms with E-state index in [4.69, 9.17) is 5.90 Å². The maximum atomic E-state index is 12.9. The first-order valence-electron chi connectivity index (χ1n) is 11.6. The van der Waals surface area contributed by atoms with Crippen molar-refractivity contribution in [1.29, 1.82) is 0 Å². The van der Waals surface area contributed by atoms with Gasteiger partial charge in [0.05, 0.1) is 0 Å². The number of nitrogens with zero attached hydrogens (tertiary/aromatic N) is 1. The zero-order valence-electron chi connectivity index (χ0n) is 19.1. The molecule has 1 fully saturated rings. The van der Waals surface area contributed by atoms with E-state index < -0.39 is 11.9 Å². The Bertz CT molecular complexity index is 950. The van der Waals surface area contributed by atoms with Gasteiger partial charge in [0.1, 0.15) is 12.6 Å². The molecule has 2 aliphatic heterocycles. The van der Waals surface area contributed by atoms with Crippen LogP contribution in [0, 0.1) is 0 Å². The van der Waals surface area contributed by atoms with E-state index in [0.29, 0.717) is 36.2 Å². The summed E-state index contributed by atoms with van der Waals surface area (Å²) >= 11 is 0. The minimum absolute atomic E-state index is 0.130. The highest BCUT2D eigenvalue weighted by Gasteiger charge is 2.39. The normalized spacial score (nSPS) is 17.4. The number of piperidine rings is 1. The van der Waals surface area contributed by atoms with Gasteiger partial charge in [-0.1, -0.05) is 25.3 Å².